The molecule has 1 aromatic carbocycles. The lowest BCUT2D eigenvalue weighted by Gasteiger charge is -2.27. The van der Waals surface area contributed by atoms with Gasteiger partial charge in [0, 0.05) is 9.99 Å². The summed E-state index contributed by atoms with van der Waals surface area (Å²) in [6, 6.07) is 8.46. The molecular weight excluding hydrogens is 311 g/mol. The molecule has 2 heteroatoms. The van der Waals surface area contributed by atoms with E-state index in [1.165, 1.54) is 9.13 Å². The lowest BCUT2D eigenvalue weighted by Crippen LogP contribution is -2.31. The van der Waals surface area contributed by atoms with Crippen LogP contribution in [0, 0.1) is 3.57 Å². The Balaban J connectivity index is 2.70. The molecule has 1 rings (SSSR count). The topological polar surface area (TPSA) is 20.2 Å². The second-order valence-corrected chi connectivity index (χ2v) is 5.77. The molecule has 0 saturated heterocycles. The van der Waals surface area contributed by atoms with Crippen LogP contribution < -0.4 is 0 Å². The summed E-state index contributed by atoms with van der Waals surface area (Å²) in [5.41, 5.74) is 0.737. The van der Waals surface area contributed by atoms with E-state index in [1.54, 1.807) is 0 Å². The van der Waals surface area contributed by atoms with Gasteiger partial charge in [-0.3, -0.25) is 0 Å². The van der Waals surface area contributed by atoms with Crippen LogP contribution in [0.15, 0.2) is 24.3 Å². The van der Waals surface area contributed by atoms with Crippen molar-refractivity contribution >= 4 is 22.6 Å². The maximum absolute atomic E-state index is 10.5. The zero-order valence-electron chi connectivity index (χ0n) is 10.2. The second-order valence-electron chi connectivity index (χ2n) is 4.53. The third-order valence-electron chi connectivity index (χ3n) is 2.88. The van der Waals surface area contributed by atoms with Crippen LogP contribution in [0.3, 0.4) is 0 Å². The molecule has 1 N–H and O–H groups in total. The number of rotatable bonds is 6. The smallest absolute Gasteiger partial charge is 0.0687 e. The maximum atomic E-state index is 10.5. The van der Waals surface area contributed by atoms with Crippen LogP contribution in [-0.2, 0) is 6.42 Å². The van der Waals surface area contributed by atoms with E-state index in [9.17, 15) is 5.11 Å². The molecule has 0 spiro atoms. The molecule has 0 aliphatic carbocycles. The first-order valence-corrected chi connectivity index (χ1v) is 7.14. The molecule has 0 unspecified atom stereocenters. The molecule has 1 nitrogen and oxygen atoms in total. The van der Waals surface area contributed by atoms with Crippen LogP contribution in [0.5, 0.6) is 0 Å². The standard InChI is InChI=1S/C14H21IO/c1-3-9-14(16,10-4-2)11-12-5-7-13(15)8-6-12/h5-8,16H,3-4,9-11H2,1-2H3. The fourth-order valence-corrected chi connectivity index (χ4v) is 2.57. The number of hydrogen-bond acceptors (Lipinski definition) is 1. The first kappa shape index (κ1) is 14.0. The van der Waals surface area contributed by atoms with Crippen molar-refractivity contribution in [1.29, 1.82) is 0 Å². The highest BCUT2D eigenvalue weighted by Crippen LogP contribution is 2.24. The molecule has 0 saturated carbocycles. The number of hydrogen-bond donors (Lipinski definition) is 1. The SMILES string of the molecule is CCCC(O)(CCC)Cc1ccc(I)cc1. The Morgan fingerprint density at radius 3 is 2.00 bits per heavy atom. The first-order valence-electron chi connectivity index (χ1n) is 6.06. The molecular formula is C14H21IO. The quantitative estimate of drug-likeness (QED) is 0.776. The molecule has 0 aliphatic heterocycles. The van der Waals surface area contributed by atoms with Gasteiger partial charge in [-0.1, -0.05) is 38.8 Å². The molecule has 1 aromatic rings. The molecule has 90 valence electrons. The average molecular weight is 332 g/mol. The minimum Gasteiger partial charge on any atom is -0.390 e. The summed E-state index contributed by atoms with van der Waals surface area (Å²) in [7, 11) is 0. The van der Waals surface area contributed by atoms with Gasteiger partial charge in [0.25, 0.3) is 0 Å². The predicted molar refractivity (Wildman–Crippen MR) is 77.6 cm³/mol. The fourth-order valence-electron chi connectivity index (χ4n) is 2.21. The normalized spacial score (nSPS) is 11.8. The van der Waals surface area contributed by atoms with Crippen molar-refractivity contribution in [3.05, 3.63) is 33.4 Å². The average Bonchev–Trinajstić information content (AvgIpc) is 2.22. The Morgan fingerprint density at radius 1 is 1.06 bits per heavy atom. The molecule has 0 aromatic heterocycles. The third kappa shape index (κ3) is 4.42. The van der Waals surface area contributed by atoms with Gasteiger partial charge in [-0.05, 0) is 53.1 Å². The monoisotopic (exact) mass is 332 g/mol. The summed E-state index contributed by atoms with van der Waals surface area (Å²) in [4.78, 5) is 0. The molecule has 0 aliphatic rings. The van der Waals surface area contributed by atoms with Crippen molar-refractivity contribution in [1.82, 2.24) is 0 Å². The number of aliphatic hydroxyl groups is 1. The van der Waals surface area contributed by atoms with Crippen molar-refractivity contribution < 1.29 is 5.11 Å². The summed E-state index contributed by atoms with van der Waals surface area (Å²) in [6.45, 7) is 4.27. The molecule has 0 bridgehead atoms. The van der Waals surface area contributed by atoms with Crippen molar-refractivity contribution in [2.24, 2.45) is 0 Å². The van der Waals surface area contributed by atoms with Crippen molar-refractivity contribution in [2.45, 2.75) is 51.6 Å². The van der Waals surface area contributed by atoms with E-state index in [0.717, 1.165) is 32.1 Å². The van der Waals surface area contributed by atoms with Gasteiger partial charge < -0.3 is 5.11 Å². The van der Waals surface area contributed by atoms with Gasteiger partial charge in [0.2, 0.25) is 0 Å². The van der Waals surface area contributed by atoms with Crippen molar-refractivity contribution in [2.75, 3.05) is 0 Å². The minimum absolute atomic E-state index is 0.504. The van der Waals surface area contributed by atoms with E-state index >= 15 is 0 Å². The van der Waals surface area contributed by atoms with Gasteiger partial charge in [0.1, 0.15) is 0 Å². The minimum atomic E-state index is -0.504. The van der Waals surface area contributed by atoms with Crippen LogP contribution in [0.1, 0.15) is 45.1 Å². The van der Waals surface area contributed by atoms with Gasteiger partial charge in [0.15, 0.2) is 0 Å². The number of benzene rings is 1. The Bertz CT molecular complexity index is 299. The highest BCUT2D eigenvalue weighted by atomic mass is 127. The zero-order valence-corrected chi connectivity index (χ0v) is 12.3. The molecule has 0 atom stereocenters. The van der Waals surface area contributed by atoms with Crippen LogP contribution in [0.25, 0.3) is 0 Å². The summed E-state index contributed by atoms with van der Waals surface area (Å²) in [5, 5.41) is 10.5. The van der Waals surface area contributed by atoms with Gasteiger partial charge in [-0.2, -0.15) is 0 Å². The second kappa shape index (κ2) is 6.60. The first-order chi connectivity index (χ1) is 7.59. The van der Waals surface area contributed by atoms with Gasteiger partial charge in [-0.15, -0.1) is 0 Å². The van der Waals surface area contributed by atoms with Crippen LogP contribution in [0.2, 0.25) is 0 Å². The van der Waals surface area contributed by atoms with Crippen LogP contribution >= 0.6 is 22.6 Å². The van der Waals surface area contributed by atoms with Crippen molar-refractivity contribution in [3.8, 4) is 0 Å². The number of halogens is 1. The van der Waals surface area contributed by atoms with E-state index in [-0.39, 0.29) is 0 Å². The Labute approximate surface area is 112 Å². The summed E-state index contributed by atoms with van der Waals surface area (Å²) < 4.78 is 1.25. The largest absolute Gasteiger partial charge is 0.390 e. The lowest BCUT2D eigenvalue weighted by molar-refractivity contribution is 0.0216. The Hall–Kier alpha value is -0.0900. The predicted octanol–water partition coefficient (Wildman–Crippen LogP) is 4.17. The molecule has 16 heavy (non-hydrogen) atoms. The Morgan fingerprint density at radius 2 is 1.56 bits per heavy atom. The highest BCUT2D eigenvalue weighted by Gasteiger charge is 2.24. The van der Waals surface area contributed by atoms with E-state index in [2.05, 4.69) is 60.7 Å². The highest BCUT2D eigenvalue weighted by molar-refractivity contribution is 14.1. The molecule has 0 heterocycles. The zero-order chi connectivity index (χ0) is 12.0. The van der Waals surface area contributed by atoms with E-state index in [1.807, 2.05) is 0 Å². The van der Waals surface area contributed by atoms with E-state index < -0.39 is 5.60 Å². The van der Waals surface area contributed by atoms with Crippen LogP contribution in [-0.4, -0.2) is 10.7 Å². The van der Waals surface area contributed by atoms with Gasteiger partial charge in [0.05, 0.1) is 5.60 Å². The van der Waals surface area contributed by atoms with E-state index in [0.29, 0.717) is 0 Å². The van der Waals surface area contributed by atoms with Crippen molar-refractivity contribution in [3.63, 3.8) is 0 Å². The van der Waals surface area contributed by atoms with Gasteiger partial charge in [-0.25, -0.2) is 0 Å². The lowest BCUT2D eigenvalue weighted by atomic mass is 9.86. The maximum Gasteiger partial charge on any atom is 0.0687 e. The molecule has 0 radical (unpaired) electrons. The molecule has 0 amide bonds. The van der Waals surface area contributed by atoms with Crippen LogP contribution in [0.4, 0.5) is 0 Å². The van der Waals surface area contributed by atoms with E-state index in [4.69, 9.17) is 0 Å². The fraction of sp³-hybridized carbons (Fsp3) is 0.571. The molecule has 0 fully saturated rings. The summed E-state index contributed by atoms with van der Waals surface area (Å²) in [5.74, 6) is 0. The summed E-state index contributed by atoms with van der Waals surface area (Å²) >= 11 is 2.30. The van der Waals surface area contributed by atoms with Gasteiger partial charge >= 0.3 is 0 Å². The summed E-state index contributed by atoms with van der Waals surface area (Å²) in [6.07, 6.45) is 4.66. The third-order valence-corrected chi connectivity index (χ3v) is 3.60. The Kier molecular flexibility index (Phi) is 5.76.